The number of ether oxygens (including phenoxy) is 2. The maximum absolute atomic E-state index is 12.4. The molecular formula is C27H33ClN4O3S. The first kappa shape index (κ1) is 27.6. The number of hydrogen-bond donors (Lipinski definition) is 1. The van der Waals surface area contributed by atoms with Gasteiger partial charge in [0.15, 0.2) is 16.7 Å². The number of carbonyl (C=O) groups is 1. The van der Waals surface area contributed by atoms with E-state index in [2.05, 4.69) is 24.1 Å². The van der Waals surface area contributed by atoms with Gasteiger partial charge in [0.1, 0.15) is 11.0 Å². The first-order valence-corrected chi connectivity index (χ1v) is 13.1. The first-order valence-electron chi connectivity index (χ1n) is 11.8. The molecule has 192 valence electrons. The summed E-state index contributed by atoms with van der Waals surface area (Å²) in [6.07, 6.45) is 0.798. The molecule has 0 fully saturated rings. The van der Waals surface area contributed by atoms with Crippen LogP contribution in [0.4, 0.5) is 5.82 Å². The van der Waals surface area contributed by atoms with Gasteiger partial charge in [-0.25, -0.2) is 9.97 Å². The Bertz CT molecular complexity index is 1180. The monoisotopic (exact) mass is 528 g/mol. The summed E-state index contributed by atoms with van der Waals surface area (Å²) in [6, 6.07) is 15.3. The molecule has 2 aromatic carbocycles. The highest BCUT2D eigenvalue weighted by Crippen LogP contribution is 2.28. The molecule has 0 aliphatic rings. The van der Waals surface area contributed by atoms with E-state index in [4.69, 9.17) is 26.1 Å². The summed E-state index contributed by atoms with van der Waals surface area (Å²) < 4.78 is 10.7. The second-order valence-corrected chi connectivity index (χ2v) is 10.1. The summed E-state index contributed by atoms with van der Waals surface area (Å²) >= 11 is 7.80. The standard InChI is InChI=1S/C27H33ClN4O3S/c1-18(2)16-29-26(33)21-8-6-7-20(13-21)17-36-27-30-24(28)15-25(31-27)32(3)12-11-19-9-10-22(34-4)23(14-19)35-5/h6-10,13-15,18H,11-12,16-17H2,1-5H3,(H,29,33). The molecule has 0 spiro atoms. The van der Waals surface area contributed by atoms with Crippen molar-refractivity contribution < 1.29 is 14.3 Å². The summed E-state index contributed by atoms with van der Waals surface area (Å²) in [5.74, 6) is 3.13. The van der Waals surface area contributed by atoms with Crippen molar-refractivity contribution in [3.05, 3.63) is 70.4 Å². The zero-order valence-corrected chi connectivity index (χ0v) is 22.9. The van der Waals surface area contributed by atoms with Crippen LogP contribution in [0.1, 0.15) is 35.3 Å². The van der Waals surface area contributed by atoms with E-state index < -0.39 is 0 Å². The summed E-state index contributed by atoms with van der Waals surface area (Å²) in [7, 11) is 5.24. The molecule has 7 nitrogen and oxygen atoms in total. The number of amides is 1. The molecule has 0 aliphatic carbocycles. The van der Waals surface area contributed by atoms with Gasteiger partial charge in [0.05, 0.1) is 14.2 Å². The molecule has 0 unspecified atom stereocenters. The second kappa shape index (κ2) is 13.4. The maximum atomic E-state index is 12.4. The summed E-state index contributed by atoms with van der Waals surface area (Å²) in [5, 5.41) is 3.94. The molecule has 0 aliphatic heterocycles. The highest BCUT2D eigenvalue weighted by molar-refractivity contribution is 7.98. The van der Waals surface area contributed by atoms with Crippen LogP contribution in [-0.4, -0.2) is 50.2 Å². The summed E-state index contributed by atoms with van der Waals surface area (Å²) in [4.78, 5) is 23.5. The number of thioether (sulfide) groups is 1. The zero-order valence-electron chi connectivity index (χ0n) is 21.4. The van der Waals surface area contributed by atoms with Crippen LogP contribution in [0.5, 0.6) is 11.5 Å². The van der Waals surface area contributed by atoms with Gasteiger partial charge in [-0.1, -0.05) is 55.4 Å². The van der Waals surface area contributed by atoms with E-state index in [1.54, 1.807) is 20.3 Å². The number of carbonyl (C=O) groups excluding carboxylic acids is 1. The Hall–Kier alpha value is -2.97. The third-order valence-electron chi connectivity index (χ3n) is 5.46. The van der Waals surface area contributed by atoms with Crippen molar-refractivity contribution in [2.45, 2.75) is 31.2 Å². The van der Waals surface area contributed by atoms with E-state index in [0.29, 0.717) is 45.6 Å². The van der Waals surface area contributed by atoms with E-state index in [9.17, 15) is 4.79 Å². The third-order valence-corrected chi connectivity index (χ3v) is 6.58. The Kier molecular flexibility index (Phi) is 10.3. The Balaban J connectivity index is 1.62. The van der Waals surface area contributed by atoms with Gasteiger partial charge in [0.2, 0.25) is 0 Å². The van der Waals surface area contributed by atoms with E-state index >= 15 is 0 Å². The minimum absolute atomic E-state index is 0.0621. The van der Waals surface area contributed by atoms with Gasteiger partial charge >= 0.3 is 0 Å². The summed E-state index contributed by atoms with van der Waals surface area (Å²) in [5.41, 5.74) is 2.80. The fourth-order valence-electron chi connectivity index (χ4n) is 3.44. The molecule has 0 saturated heterocycles. The molecule has 0 radical (unpaired) electrons. The van der Waals surface area contributed by atoms with Gasteiger partial charge < -0.3 is 19.7 Å². The minimum Gasteiger partial charge on any atom is -0.493 e. The Morgan fingerprint density at radius 1 is 1.06 bits per heavy atom. The lowest BCUT2D eigenvalue weighted by Gasteiger charge is -2.19. The van der Waals surface area contributed by atoms with Crippen LogP contribution in [0.25, 0.3) is 0 Å². The van der Waals surface area contributed by atoms with Crippen molar-refractivity contribution in [2.24, 2.45) is 5.92 Å². The summed E-state index contributed by atoms with van der Waals surface area (Å²) in [6.45, 7) is 5.53. The van der Waals surface area contributed by atoms with E-state index in [-0.39, 0.29) is 5.91 Å². The molecule has 36 heavy (non-hydrogen) atoms. The number of likely N-dealkylation sites (N-methyl/N-ethyl adjacent to an activating group) is 1. The lowest BCUT2D eigenvalue weighted by atomic mass is 10.1. The molecular weight excluding hydrogens is 496 g/mol. The number of anilines is 1. The quantitative estimate of drug-likeness (QED) is 0.189. The molecule has 1 amide bonds. The van der Waals surface area contributed by atoms with Gasteiger partial charge in [-0.15, -0.1) is 0 Å². The van der Waals surface area contributed by atoms with Crippen molar-refractivity contribution in [3.8, 4) is 11.5 Å². The number of nitrogens with zero attached hydrogens (tertiary/aromatic N) is 3. The average molecular weight is 529 g/mol. The number of methoxy groups -OCH3 is 2. The number of halogens is 1. The second-order valence-electron chi connectivity index (χ2n) is 8.79. The van der Waals surface area contributed by atoms with Gasteiger partial charge in [-0.3, -0.25) is 4.79 Å². The van der Waals surface area contributed by atoms with Crippen molar-refractivity contribution in [3.63, 3.8) is 0 Å². The molecule has 1 aromatic heterocycles. The van der Waals surface area contributed by atoms with Gasteiger partial charge in [-0.05, 0) is 47.7 Å². The number of rotatable bonds is 12. The van der Waals surface area contributed by atoms with Crippen LogP contribution in [0, 0.1) is 5.92 Å². The fraction of sp³-hybridized carbons (Fsp3) is 0.370. The Morgan fingerprint density at radius 3 is 2.56 bits per heavy atom. The molecule has 0 bridgehead atoms. The maximum Gasteiger partial charge on any atom is 0.251 e. The van der Waals surface area contributed by atoms with Crippen LogP contribution >= 0.6 is 23.4 Å². The normalized spacial score (nSPS) is 10.9. The molecule has 0 atom stereocenters. The largest absolute Gasteiger partial charge is 0.493 e. The van der Waals surface area contributed by atoms with Gasteiger partial charge in [-0.2, -0.15) is 0 Å². The van der Waals surface area contributed by atoms with Crippen molar-refractivity contribution in [1.82, 2.24) is 15.3 Å². The number of nitrogens with one attached hydrogen (secondary N) is 1. The smallest absolute Gasteiger partial charge is 0.251 e. The molecule has 9 heteroatoms. The molecule has 0 saturated carbocycles. The molecule has 3 aromatic rings. The van der Waals surface area contributed by atoms with Crippen molar-refractivity contribution in [2.75, 3.05) is 39.3 Å². The Morgan fingerprint density at radius 2 is 1.83 bits per heavy atom. The van der Waals surface area contributed by atoms with E-state index in [0.717, 1.165) is 29.9 Å². The van der Waals surface area contributed by atoms with Crippen molar-refractivity contribution >= 4 is 35.1 Å². The SMILES string of the molecule is COc1ccc(CCN(C)c2cc(Cl)nc(SCc3cccc(C(=O)NCC(C)C)c3)n2)cc1OC. The lowest BCUT2D eigenvalue weighted by molar-refractivity contribution is 0.0949. The van der Waals surface area contributed by atoms with Gasteiger partial charge in [0.25, 0.3) is 5.91 Å². The molecule has 1 heterocycles. The van der Waals surface area contributed by atoms with Crippen LogP contribution in [0.15, 0.2) is 53.7 Å². The fourth-order valence-corrected chi connectivity index (χ4v) is 4.47. The zero-order chi connectivity index (χ0) is 26.1. The van der Waals surface area contributed by atoms with Crippen LogP contribution in [0.2, 0.25) is 5.15 Å². The lowest BCUT2D eigenvalue weighted by Crippen LogP contribution is -2.27. The van der Waals surface area contributed by atoms with Crippen LogP contribution in [-0.2, 0) is 12.2 Å². The van der Waals surface area contributed by atoms with Crippen LogP contribution in [0.3, 0.4) is 0 Å². The molecule has 1 N–H and O–H groups in total. The predicted octanol–water partition coefficient (Wildman–Crippen LogP) is 5.50. The Labute approximate surface area is 222 Å². The van der Waals surface area contributed by atoms with E-state index in [1.165, 1.54) is 11.8 Å². The van der Waals surface area contributed by atoms with E-state index in [1.807, 2.05) is 54.4 Å². The average Bonchev–Trinajstić information content (AvgIpc) is 2.88. The predicted molar refractivity (Wildman–Crippen MR) is 147 cm³/mol. The van der Waals surface area contributed by atoms with Crippen molar-refractivity contribution in [1.29, 1.82) is 0 Å². The molecule has 3 rings (SSSR count). The third kappa shape index (κ3) is 8.03. The topological polar surface area (TPSA) is 76.6 Å². The number of aromatic nitrogens is 2. The number of hydrogen-bond acceptors (Lipinski definition) is 7. The first-order chi connectivity index (χ1) is 17.3. The highest BCUT2D eigenvalue weighted by atomic mass is 35.5. The minimum atomic E-state index is -0.0621. The van der Waals surface area contributed by atoms with Crippen LogP contribution < -0.4 is 19.7 Å². The van der Waals surface area contributed by atoms with Gasteiger partial charge in [0, 0.05) is 37.5 Å². The highest BCUT2D eigenvalue weighted by Gasteiger charge is 2.12. The number of benzene rings is 2.